The zero-order valence-corrected chi connectivity index (χ0v) is 13.4. The fraction of sp³-hybridized carbons (Fsp3) is 0.200. The van der Waals surface area contributed by atoms with Gasteiger partial charge in [-0.2, -0.15) is 0 Å². The predicted octanol–water partition coefficient (Wildman–Crippen LogP) is 5.54. The van der Waals surface area contributed by atoms with E-state index < -0.39 is 0 Å². The van der Waals surface area contributed by atoms with Crippen molar-refractivity contribution in [2.24, 2.45) is 0 Å². The van der Waals surface area contributed by atoms with Crippen LogP contribution in [0.3, 0.4) is 0 Å². The van der Waals surface area contributed by atoms with Gasteiger partial charge in [0.05, 0.1) is 15.4 Å². The Morgan fingerprint density at radius 1 is 1.20 bits per heavy atom. The van der Waals surface area contributed by atoms with Crippen LogP contribution in [0.25, 0.3) is 21.6 Å². The lowest BCUT2D eigenvalue weighted by Crippen LogP contribution is -1.93. The van der Waals surface area contributed by atoms with Crippen molar-refractivity contribution in [2.75, 3.05) is 0 Å². The van der Waals surface area contributed by atoms with E-state index in [0.29, 0.717) is 21.5 Å². The number of fused-ring (bicyclic) bond motifs is 1. The Labute approximate surface area is 131 Å². The van der Waals surface area contributed by atoms with Crippen LogP contribution in [0.5, 0.6) is 0 Å². The number of benzene rings is 1. The van der Waals surface area contributed by atoms with Crippen molar-refractivity contribution in [2.45, 2.75) is 20.3 Å². The van der Waals surface area contributed by atoms with E-state index in [2.05, 4.69) is 23.0 Å². The molecule has 102 valence electrons. The summed E-state index contributed by atoms with van der Waals surface area (Å²) >= 11 is 14.2. The molecule has 0 bridgehead atoms. The van der Waals surface area contributed by atoms with E-state index in [1.54, 1.807) is 11.3 Å². The van der Waals surface area contributed by atoms with Crippen LogP contribution in [-0.2, 0) is 6.42 Å². The normalized spacial score (nSPS) is 11.2. The molecule has 0 aliphatic heterocycles. The number of aryl methyl sites for hydroxylation is 2. The summed E-state index contributed by atoms with van der Waals surface area (Å²) in [6.07, 6.45) is 0.944. The summed E-state index contributed by atoms with van der Waals surface area (Å²) in [5.74, 6) is 0.653. The van der Waals surface area contributed by atoms with Crippen molar-refractivity contribution in [3.8, 4) is 10.7 Å². The van der Waals surface area contributed by atoms with E-state index in [4.69, 9.17) is 23.2 Å². The number of rotatable bonds is 2. The Balaban J connectivity index is 2.30. The monoisotopic (exact) mass is 322 g/mol. The summed E-state index contributed by atoms with van der Waals surface area (Å²) in [5, 5.41) is 3.91. The molecule has 3 aromatic rings. The van der Waals surface area contributed by atoms with Crippen LogP contribution in [0.2, 0.25) is 10.2 Å². The molecule has 1 aromatic carbocycles. The number of hydrogen-bond acceptors (Lipinski definition) is 3. The molecule has 5 heteroatoms. The first-order chi connectivity index (χ1) is 9.60. The lowest BCUT2D eigenvalue weighted by atomic mass is 10.1. The highest BCUT2D eigenvalue weighted by Gasteiger charge is 2.14. The first-order valence-corrected chi connectivity index (χ1v) is 7.94. The average Bonchev–Trinajstić information content (AvgIpc) is 2.88. The molecular formula is C15H12Cl2N2S. The van der Waals surface area contributed by atoms with Crippen molar-refractivity contribution in [3.63, 3.8) is 0 Å². The molecule has 0 N–H and O–H groups in total. The summed E-state index contributed by atoms with van der Waals surface area (Å²) in [4.78, 5) is 10.1. The molecule has 0 fully saturated rings. The van der Waals surface area contributed by atoms with Gasteiger partial charge in [0.2, 0.25) is 0 Å². The largest absolute Gasteiger partial charge is 0.226 e. The molecule has 0 unspecified atom stereocenters. The first-order valence-electron chi connectivity index (χ1n) is 6.30. The van der Waals surface area contributed by atoms with Gasteiger partial charge in [0, 0.05) is 5.39 Å². The van der Waals surface area contributed by atoms with Gasteiger partial charge < -0.3 is 0 Å². The maximum atomic E-state index is 6.31. The molecule has 0 spiro atoms. The topological polar surface area (TPSA) is 25.8 Å². The van der Waals surface area contributed by atoms with Crippen LogP contribution in [-0.4, -0.2) is 9.97 Å². The molecule has 0 amide bonds. The van der Waals surface area contributed by atoms with E-state index >= 15 is 0 Å². The zero-order valence-electron chi connectivity index (χ0n) is 11.1. The van der Waals surface area contributed by atoms with Crippen LogP contribution < -0.4 is 0 Å². The van der Waals surface area contributed by atoms with Gasteiger partial charge in [0.15, 0.2) is 5.82 Å². The van der Waals surface area contributed by atoms with Gasteiger partial charge >= 0.3 is 0 Å². The summed E-state index contributed by atoms with van der Waals surface area (Å²) in [5.41, 5.74) is 2.99. The molecular weight excluding hydrogens is 311 g/mol. The third-order valence-electron chi connectivity index (χ3n) is 3.18. The van der Waals surface area contributed by atoms with Crippen LogP contribution in [0.1, 0.15) is 18.1 Å². The van der Waals surface area contributed by atoms with E-state index in [1.165, 1.54) is 5.56 Å². The van der Waals surface area contributed by atoms with Crippen LogP contribution >= 0.6 is 34.5 Å². The lowest BCUT2D eigenvalue weighted by Gasteiger charge is -2.07. The number of halogens is 2. The Bertz CT molecular complexity index is 796. The molecule has 0 saturated carbocycles. The molecule has 0 aliphatic carbocycles. The molecule has 20 heavy (non-hydrogen) atoms. The number of thiophene rings is 1. The van der Waals surface area contributed by atoms with E-state index in [-0.39, 0.29) is 0 Å². The zero-order chi connectivity index (χ0) is 14.3. The second-order valence-electron chi connectivity index (χ2n) is 4.61. The predicted molar refractivity (Wildman–Crippen MR) is 87.0 cm³/mol. The van der Waals surface area contributed by atoms with Crippen molar-refractivity contribution in [1.29, 1.82) is 0 Å². The quantitative estimate of drug-likeness (QED) is 0.579. The maximum Gasteiger partial charge on any atom is 0.171 e. The number of nitrogens with zero attached hydrogens (tertiary/aromatic N) is 2. The van der Waals surface area contributed by atoms with Crippen LogP contribution in [0.4, 0.5) is 0 Å². The number of hydrogen-bond donors (Lipinski definition) is 0. The Morgan fingerprint density at radius 2 is 2.00 bits per heavy atom. The van der Waals surface area contributed by atoms with Crippen molar-refractivity contribution < 1.29 is 0 Å². The molecule has 2 aromatic heterocycles. The van der Waals surface area contributed by atoms with Crippen molar-refractivity contribution >= 4 is 45.4 Å². The summed E-state index contributed by atoms with van der Waals surface area (Å²) in [6, 6.07) is 5.95. The van der Waals surface area contributed by atoms with E-state index in [1.807, 2.05) is 24.4 Å². The highest BCUT2D eigenvalue weighted by atomic mass is 35.5. The molecule has 0 radical (unpaired) electrons. The van der Waals surface area contributed by atoms with Gasteiger partial charge in [0.1, 0.15) is 5.15 Å². The standard InChI is InChI=1S/C15H12Cl2N2S/c1-3-9-4-5-20-13(9)15-18-12-10(14(17)19-15)6-8(2)7-11(12)16/h4-7H,3H2,1-2H3. The second kappa shape index (κ2) is 5.32. The van der Waals surface area contributed by atoms with Crippen molar-refractivity contribution in [3.05, 3.63) is 44.9 Å². The van der Waals surface area contributed by atoms with E-state index in [9.17, 15) is 0 Å². The Kier molecular flexibility index (Phi) is 3.67. The van der Waals surface area contributed by atoms with Gasteiger partial charge in [-0.3, -0.25) is 0 Å². The highest BCUT2D eigenvalue weighted by molar-refractivity contribution is 7.13. The minimum absolute atomic E-state index is 0.450. The van der Waals surface area contributed by atoms with Gasteiger partial charge in [-0.25, -0.2) is 9.97 Å². The third-order valence-corrected chi connectivity index (χ3v) is 4.71. The minimum Gasteiger partial charge on any atom is -0.226 e. The van der Waals surface area contributed by atoms with Gasteiger partial charge in [-0.1, -0.05) is 30.1 Å². The smallest absolute Gasteiger partial charge is 0.171 e. The highest BCUT2D eigenvalue weighted by Crippen LogP contribution is 2.33. The van der Waals surface area contributed by atoms with Gasteiger partial charge in [0.25, 0.3) is 0 Å². The fourth-order valence-electron chi connectivity index (χ4n) is 2.20. The Morgan fingerprint density at radius 3 is 2.75 bits per heavy atom. The molecule has 3 rings (SSSR count). The summed E-state index contributed by atoms with van der Waals surface area (Å²) in [6.45, 7) is 4.09. The van der Waals surface area contributed by atoms with Gasteiger partial charge in [-0.05, 0) is 48.1 Å². The Hall–Kier alpha value is -1.16. The minimum atomic E-state index is 0.450. The average molecular weight is 323 g/mol. The lowest BCUT2D eigenvalue weighted by molar-refractivity contribution is 1.14. The SMILES string of the molecule is CCc1ccsc1-c1nc(Cl)c2cc(C)cc(Cl)c2n1. The second-order valence-corrected chi connectivity index (χ2v) is 6.29. The molecule has 0 atom stereocenters. The van der Waals surface area contributed by atoms with Gasteiger partial charge in [-0.15, -0.1) is 11.3 Å². The first kappa shape index (κ1) is 13.8. The number of aromatic nitrogens is 2. The summed E-state index contributed by atoms with van der Waals surface area (Å²) in [7, 11) is 0. The summed E-state index contributed by atoms with van der Waals surface area (Å²) < 4.78 is 0. The third kappa shape index (κ3) is 2.30. The maximum absolute atomic E-state index is 6.31. The molecule has 0 aliphatic rings. The van der Waals surface area contributed by atoms with Crippen LogP contribution in [0.15, 0.2) is 23.6 Å². The molecule has 2 heterocycles. The van der Waals surface area contributed by atoms with E-state index in [0.717, 1.165) is 22.2 Å². The van der Waals surface area contributed by atoms with Crippen molar-refractivity contribution in [1.82, 2.24) is 9.97 Å². The molecule has 2 nitrogen and oxygen atoms in total. The van der Waals surface area contributed by atoms with Crippen LogP contribution in [0, 0.1) is 6.92 Å². The fourth-order valence-corrected chi connectivity index (χ4v) is 3.67. The molecule has 0 saturated heterocycles.